The molecule has 3 aromatic rings. The Balaban J connectivity index is 1.57. The van der Waals surface area contributed by atoms with Crippen LogP contribution in [0.25, 0.3) is 10.2 Å². The minimum absolute atomic E-state index is 0.00281. The zero-order chi connectivity index (χ0) is 16.1. The van der Waals surface area contributed by atoms with E-state index in [1.807, 2.05) is 30.3 Å². The number of aromatic nitrogens is 1. The summed E-state index contributed by atoms with van der Waals surface area (Å²) in [6.45, 7) is 2.12. The van der Waals surface area contributed by atoms with E-state index in [-0.39, 0.29) is 5.91 Å². The number of para-hydroxylation sites is 1. The number of anilines is 1. The molecule has 0 radical (unpaired) electrons. The topological polar surface area (TPSA) is 42.0 Å². The second kappa shape index (κ2) is 7.62. The Kier molecular flexibility index (Phi) is 5.31. The van der Waals surface area contributed by atoms with E-state index < -0.39 is 0 Å². The molecule has 0 unspecified atom stereocenters. The third-order valence-electron chi connectivity index (χ3n) is 3.47. The van der Waals surface area contributed by atoms with E-state index >= 15 is 0 Å². The molecular formula is C18H18N2OS2. The van der Waals surface area contributed by atoms with Crippen LogP contribution >= 0.6 is 23.1 Å². The zero-order valence-corrected chi connectivity index (χ0v) is 14.5. The molecule has 0 saturated carbocycles. The molecule has 0 aliphatic heterocycles. The number of nitrogens with zero attached hydrogens (tertiary/aromatic N) is 1. The van der Waals surface area contributed by atoms with Crippen LogP contribution in [0.4, 0.5) is 5.13 Å². The average Bonchev–Trinajstić information content (AvgIpc) is 2.98. The largest absolute Gasteiger partial charge is 0.301 e. The standard InChI is InChI=1S/C18H18N2OS2/c1-2-14-9-6-10-15-17(14)20-18(23-15)19-16(21)12-22-11-13-7-4-3-5-8-13/h3-10H,2,11-12H2,1H3,(H,19,20,21). The molecule has 5 heteroatoms. The van der Waals surface area contributed by atoms with E-state index in [0.717, 1.165) is 22.4 Å². The fraction of sp³-hybridized carbons (Fsp3) is 0.222. The van der Waals surface area contributed by atoms with Gasteiger partial charge in [-0.1, -0.05) is 60.7 Å². The van der Waals surface area contributed by atoms with Gasteiger partial charge in [0.1, 0.15) is 0 Å². The summed E-state index contributed by atoms with van der Waals surface area (Å²) in [7, 11) is 0. The number of hydrogen-bond acceptors (Lipinski definition) is 4. The highest BCUT2D eigenvalue weighted by atomic mass is 32.2. The maximum Gasteiger partial charge on any atom is 0.236 e. The van der Waals surface area contributed by atoms with Crippen LogP contribution < -0.4 is 5.32 Å². The Bertz CT molecular complexity index is 799. The minimum Gasteiger partial charge on any atom is -0.301 e. The summed E-state index contributed by atoms with van der Waals surface area (Å²) >= 11 is 3.15. The van der Waals surface area contributed by atoms with Crippen molar-refractivity contribution < 1.29 is 4.79 Å². The molecular weight excluding hydrogens is 324 g/mol. The first-order valence-electron chi connectivity index (χ1n) is 7.56. The van der Waals surface area contributed by atoms with Gasteiger partial charge in [0.2, 0.25) is 5.91 Å². The van der Waals surface area contributed by atoms with Crippen molar-refractivity contribution in [3.05, 3.63) is 59.7 Å². The molecule has 1 aromatic heterocycles. The lowest BCUT2D eigenvalue weighted by Crippen LogP contribution is -2.13. The van der Waals surface area contributed by atoms with Crippen molar-refractivity contribution in [1.29, 1.82) is 0 Å². The number of amides is 1. The van der Waals surface area contributed by atoms with Crippen molar-refractivity contribution in [2.24, 2.45) is 0 Å². The number of carbonyl (C=O) groups is 1. The second-order valence-corrected chi connectivity index (χ2v) is 7.18. The first kappa shape index (κ1) is 16.0. The molecule has 1 heterocycles. The van der Waals surface area contributed by atoms with Crippen LogP contribution in [0.1, 0.15) is 18.1 Å². The molecule has 23 heavy (non-hydrogen) atoms. The summed E-state index contributed by atoms with van der Waals surface area (Å²) in [5, 5.41) is 3.60. The van der Waals surface area contributed by atoms with Gasteiger partial charge in [-0.3, -0.25) is 4.79 Å². The molecule has 0 saturated heterocycles. The fourth-order valence-corrected chi connectivity index (χ4v) is 4.05. The molecule has 0 aliphatic rings. The molecule has 0 atom stereocenters. The predicted molar refractivity (Wildman–Crippen MR) is 100 cm³/mol. The normalized spacial score (nSPS) is 10.8. The summed E-state index contributed by atoms with van der Waals surface area (Å²) in [6.07, 6.45) is 0.946. The Morgan fingerprint density at radius 3 is 2.78 bits per heavy atom. The van der Waals surface area contributed by atoms with E-state index in [4.69, 9.17) is 0 Å². The summed E-state index contributed by atoms with van der Waals surface area (Å²) in [6, 6.07) is 16.4. The van der Waals surface area contributed by atoms with Crippen LogP contribution in [-0.4, -0.2) is 16.6 Å². The number of nitrogens with one attached hydrogen (secondary N) is 1. The monoisotopic (exact) mass is 342 g/mol. The lowest BCUT2D eigenvalue weighted by Gasteiger charge is -2.02. The van der Waals surface area contributed by atoms with E-state index in [1.165, 1.54) is 22.5 Å². The fourth-order valence-electron chi connectivity index (χ4n) is 2.34. The van der Waals surface area contributed by atoms with Gasteiger partial charge in [0, 0.05) is 5.75 Å². The summed E-state index contributed by atoms with van der Waals surface area (Å²) < 4.78 is 1.12. The molecule has 1 N–H and O–H groups in total. The predicted octanol–water partition coefficient (Wildman–Crippen LogP) is 4.73. The van der Waals surface area contributed by atoms with Gasteiger partial charge in [0.05, 0.1) is 16.0 Å². The number of thioether (sulfide) groups is 1. The maximum atomic E-state index is 12.1. The van der Waals surface area contributed by atoms with Crippen molar-refractivity contribution in [2.75, 3.05) is 11.1 Å². The highest BCUT2D eigenvalue weighted by Gasteiger charge is 2.10. The van der Waals surface area contributed by atoms with Gasteiger partial charge in [-0.05, 0) is 23.6 Å². The summed E-state index contributed by atoms with van der Waals surface area (Å²) in [5.74, 6) is 1.28. The summed E-state index contributed by atoms with van der Waals surface area (Å²) in [4.78, 5) is 16.6. The highest BCUT2D eigenvalue weighted by Crippen LogP contribution is 2.28. The Morgan fingerprint density at radius 1 is 1.17 bits per heavy atom. The number of carbonyl (C=O) groups excluding carboxylic acids is 1. The van der Waals surface area contributed by atoms with Gasteiger partial charge in [-0.15, -0.1) is 11.8 Å². The van der Waals surface area contributed by atoms with Gasteiger partial charge >= 0.3 is 0 Å². The van der Waals surface area contributed by atoms with Crippen LogP contribution in [-0.2, 0) is 17.0 Å². The lowest BCUT2D eigenvalue weighted by atomic mass is 10.1. The average molecular weight is 342 g/mol. The van der Waals surface area contributed by atoms with Crippen molar-refractivity contribution in [3.63, 3.8) is 0 Å². The molecule has 0 spiro atoms. The molecule has 2 aromatic carbocycles. The lowest BCUT2D eigenvalue weighted by molar-refractivity contribution is -0.113. The maximum absolute atomic E-state index is 12.1. The number of aryl methyl sites for hydroxylation is 1. The number of benzene rings is 2. The third-order valence-corrected chi connectivity index (χ3v) is 5.41. The SMILES string of the molecule is CCc1cccc2sc(NC(=O)CSCc3ccccc3)nc12. The third kappa shape index (κ3) is 4.12. The number of rotatable bonds is 6. The van der Waals surface area contributed by atoms with Crippen LogP contribution in [0.3, 0.4) is 0 Å². The van der Waals surface area contributed by atoms with Crippen molar-refractivity contribution in [3.8, 4) is 0 Å². The molecule has 1 amide bonds. The van der Waals surface area contributed by atoms with Crippen molar-refractivity contribution >= 4 is 44.4 Å². The Hall–Kier alpha value is -1.85. The molecule has 118 valence electrons. The first-order chi connectivity index (χ1) is 11.3. The highest BCUT2D eigenvalue weighted by molar-refractivity contribution is 7.99. The van der Waals surface area contributed by atoms with Crippen molar-refractivity contribution in [1.82, 2.24) is 4.98 Å². The van der Waals surface area contributed by atoms with Crippen LogP contribution in [0.5, 0.6) is 0 Å². The van der Waals surface area contributed by atoms with Gasteiger partial charge in [0.15, 0.2) is 5.13 Å². The van der Waals surface area contributed by atoms with Crippen LogP contribution in [0.2, 0.25) is 0 Å². The van der Waals surface area contributed by atoms with Gasteiger partial charge in [-0.25, -0.2) is 4.98 Å². The van der Waals surface area contributed by atoms with Crippen LogP contribution in [0, 0.1) is 0 Å². The quantitative estimate of drug-likeness (QED) is 0.704. The first-order valence-corrected chi connectivity index (χ1v) is 9.53. The van der Waals surface area contributed by atoms with Gasteiger partial charge < -0.3 is 5.32 Å². The molecule has 0 aliphatic carbocycles. The van der Waals surface area contributed by atoms with E-state index in [9.17, 15) is 4.79 Å². The van der Waals surface area contributed by atoms with E-state index in [1.54, 1.807) is 11.8 Å². The Labute approximate surface area is 144 Å². The smallest absolute Gasteiger partial charge is 0.236 e. The minimum atomic E-state index is 0.00281. The molecule has 0 bridgehead atoms. The number of hydrogen-bond donors (Lipinski definition) is 1. The zero-order valence-electron chi connectivity index (χ0n) is 12.9. The molecule has 3 nitrogen and oxygen atoms in total. The van der Waals surface area contributed by atoms with Crippen LogP contribution in [0.15, 0.2) is 48.5 Å². The summed E-state index contributed by atoms with van der Waals surface area (Å²) in [5.41, 5.74) is 3.46. The number of thiazole rings is 1. The van der Waals surface area contributed by atoms with E-state index in [0.29, 0.717) is 10.9 Å². The Morgan fingerprint density at radius 2 is 2.00 bits per heavy atom. The number of fused-ring (bicyclic) bond motifs is 1. The van der Waals surface area contributed by atoms with Crippen molar-refractivity contribution in [2.45, 2.75) is 19.1 Å². The van der Waals surface area contributed by atoms with E-state index in [2.05, 4.69) is 35.4 Å². The molecule has 0 fully saturated rings. The second-order valence-electron chi connectivity index (χ2n) is 5.16. The molecule has 3 rings (SSSR count). The van der Waals surface area contributed by atoms with Gasteiger partial charge in [-0.2, -0.15) is 0 Å². The van der Waals surface area contributed by atoms with Gasteiger partial charge in [0.25, 0.3) is 0 Å².